The van der Waals surface area contributed by atoms with E-state index in [0.717, 1.165) is 5.56 Å². The van der Waals surface area contributed by atoms with Crippen LogP contribution in [0.15, 0.2) is 47.4 Å². The Morgan fingerprint density at radius 1 is 1.13 bits per heavy atom. The number of sulfonamides is 1. The normalized spacial score (nSPS) is 11.0. The molecule has 0 saturated carbocycles. The molecule has 2 aromatic carbocycles. The highest BCUT2D eigenvalue weighted by Gasteiger charge is 2.25. The second-order valence-electron chi connectivity index (χ2n) is 4.93. The molecule has 23 heavy (non-hydrogen) atoms. The third-order valence-corrected chi connectivity index (χ3v) is 4.55. The number of nitrogens with zero attached hydrogens (tertiary/aromatic N) is 1. The van der Waals surface area contributed by atoms with Crippen LogP contribution in [0.25, 0.3) is 0 Å². The molecule has 7 nitrogen and oxygen atoms in total. The lowest BCUT2D eigenvalue weighted by atomic mass is 10.1. The second-order valence-corrected chi connectivity index (χ2v) is 6.62. The lowest BCUT2D eigenvalue weighted by Crippen LogP contribution is -2.15. The molecular formula is C15H14N2O5S. The van der Waals surface area contributed by atoms with Crippen molar-refractivity contribution in [3.05, 3.63) is 63.7 Å². The molecule has 0 spiro atoms. The van der Waals surface area contributed by atoms with Crippen LogP contribution in [0.3, 0.4) is 0 Å². The number of aryl methyl sites for hydroxylation is 1. The summed E-state index contributed by atoms with van der Waals surface area (Å²) in [5.41, 5.74) is -0.0772. The first-order chi connectivity index (χ1) is 10.7. The lowest BCUT2D eigenvalue weighted by molar-refractivity contribution is -0.384. The third-order valence-electron chi connectivity index (χ3n) is 3.17. The highest BCUT2D eigenvalue weighted by Crippen LogP contribution is 2.30. The zero-order valence-corrected chi connectivity index (χ0v) is 13.3. The van der Waals surface area contributed by atoms with Crippen molar-refractivity contribution in [3.63, 3.8) is 0 Å². The number of anilines is 1. The zero-order chi connectivity index (χ0) is 17.2. The molecule has 0 aliphatic rings. The van der Waals surface area contributed by atoms with Gasteiger partial charge in [-0.3, -0.25) is 19.6 Å². The number of hydrogen-bond acceptors (Lipinski definition) is 5. The zero-order valence-electron chi connectivity index (χ0n) is 12.4. The van der Waals surface area contributed by atoms with Crippen molar-refractivity contribution in [1.82, 2.24) is 0 Å². The standard InChI is InChI=1S/C15H14N2O5S/c1-10-6-8-12(9-7-10)23(21,22)16-14-5-3-4-13(11(2)18)15(14)17(19)20/h3-9,16H,1-2H3. The Morgan fingerprint density at radius 2 is 1.74 bits per heavy atom. The summed E-state index contributed by atoms with van der Waals surface area (Å²) in [4.78, 5) is 22.0. The van der Waals surface area contributed by atoms with Gasteiger partial charge in [-0.2, -0.15) is 0 Å². The van der Waals surface area contributed by atoms with Gasteiger partial charge in [0.05, 0.1) is 15.4 Å². The monoisotopic (exact) mass is 334 g/mol. The lowest BCUT2D eigenvalue weighted by Gasteiger charge is -2.10. The van der Waals surface area contributed by atoms with Gasteiger partial charge in [0, 0.05) is 0 Å². The average Bonchev–Trinajstić information content (AvgIpc) is 2.46. The molecule has 2 rings (SSSR count). The van der Waals surface area contributed by atoms with E-state index in [1.165, 1.54) is 37.3 Å². The molecule has 0 aliphatic carbocycles. The summed E-state index contributed by atoms with van der Waals surface area (Å²) in [6.45, 7) is 2.99. The fraction of sp³-hybridized carbons (Fsp3) is 0.133. The van der Waals surface area contributed by atoms with Crippen molar-refractivity contribution in [2.75, 3.05) is 4.72 Å². The molecule has 8 heteroatoms. The van der Waals surface area contributed by atoms with Gasteiger partial charge in [0.15, 0.2) is 5.78 Å². The van der Waals surface area contributed by atoms with E-state index in [0.29, 0.717) is 0 Å². The molecule has 0 aromatic heterocycles. The largest absolute Gasteiger partial charge is 0.304 e. The summed E-state index contributed by atoms with van der Waals surface area (Å²) in [5, 5.41) is 11.2. The molecular weight excluding hydrogens is 320 g/mol. The number of para-hydroxylation sites is 1. The Morgan fingerprint density at radius 3 is 2.26 bits per heavy atom. The maximum absolute atomic E-state index is 12.4. The minimum atomic E-state index is -3.99. The van der Waals surface area contributed by atoms with Crippen LogP contribution < -0.4 is 4.72 Å². The van der Waals surface area contributed by atoms with E-state index >= 15 is 0 Å². The summed E-state index contributed by atoms with van der Waals surface area (Å²) >= 11 is 0. The Hall–Kier alpha value is -2.74. The molecule has 1 N–H and O–H groups in total. The van der Waals surface area contributed by atoms with Crippen LogP contribution in [0.4, 0.5) is 11.4 Å². The van der Waals surface area contributed by atoms with Gasteiger partial charge in [-0.1, -0.05) is 23.8 Å². The summed E-state index contributed by atoms with van der Waals surface area (Å²) in [7, 11) is -3.99. The van der Waals surface area contributed by atoms with Gasteiger partial charge in [0.2, 0.25) is 0 Å². The first kappa shape index (κ1) is 16.6. The molecule has 0 heterocycles. The number of ketones is 1. The first-order valence-electron chi connectivity index (χ1n) is 6.60. The van der Waals surface area contributed by atoms with Gasteiger partial charge in [-0.05, 0) is 38.1 Å². The first-order valence-corrected chi connectivity index (χ1v) is 8.08. The molecule has 0 saturated heterocycles. The molecule has 120 valence electrons. The van der Waals surface area contributed by atoms with Crippen molar-refractivity contribution in [3.8, 4) is 0 Å². The summed E-state index contributed by atoms with van der Waals surface area (Å²) in [6, 6.07) is 9.96. The smallest absolute Gasteiger partial charge is 0.294 e. The van der Waals surface area contributed by atoms with Crippen LogP contribution in [0.5, 0.6) is 0 Å². The Bertz CT molecular complexity index is 873. The quantitative estimate of drug-likeness (QED) is 0.514. The van der Waals surface area contributed by atoms with Gasteiger partial charge < -0.3 is 0 Å². The molecule has 0 radical (unpaired) electrons. The number of benzene rings is 2. The summed E-state index contributed by atoms with van der Waals surface area (Å²) < 4.78 is 26.9. The van der Waals surface area contributed by atoms with Crippen LogP contribution in [-0.4, -0.2) is 19.1 Å². The highest BCUT2D eigenvalue weighted by atomic mass is 32.2. The van der Waals surface area contributed by atoms with Gasteiger partial charge in [-0.25, -0.2) is 8.42 Å². The van der Waals surface area contributed by atoms with Crippen molar-refractivity contribution in [1.29, 1.82) is 0 Å². The maximum Gasteiger partial charge on any atom is 0.304 e. The van der Waals surface area contributed by atoms with Crippen LogP contribution in [0.2, 0.25) is 0 Å². The van der Waals surface area contributed by atoms with E-state index in [-0.39, 0.29) is 16.1 Å². The predicted octanol–water partition coefficient (Wildman–Crippen LogP) is 2.91. The molecule has 0 unspecified atom stereocenters. The topological polar surface area (TPSA) is 106 Å². The Balaban J connectivity index is 2.51. The van der Waals surface area contributed by atoms with Crippen LogP contribution in [0, 0.1) is 17.0 Å². The fourth-order valence-corrected chi connectivity index (χ4v) is 3.09. The number of hydrogen-bond donors (Lipinski definition) is 1. The average molecular weight is 334 g/mol. The van der Waals surface area contributed by atoms with Gasteiger partial charge >= 0.3 is 5.69 Å². The van der Waals surface area contributed by atoms with Gasteiger partial charge in [0.25, 0.3) is 10.0 Å². The molecule has 0 fully saturated rings. The number of rotatable bonds is 5. The SMILES string of the molecule is CC(=O)c1cccc(NS(=O)(=O)c2ccc(C)cc2)c1[N+](=O)[O-]. The highest BCUT2D eigenvalue weighted by molar-refractivity contribution is 7.92. The molecule has 2 aromatic rings. The van der Waals surface area contributed by atoms with Crippen molar-refractivity contribution in [2.24, 2.45) is 0 Å². The van der Waals surface area contributed by atoms with Crippen molar-refractivity contribution in [2.45, 2.75) is 18.7 Å². The van der Waals surface area contributed by atoms with E-state index in [1.54, 1.807) is 12.1 Å². The fourth-order valence-electron chi connectivity index (χ4n) is 2.03. The number of Topliss-reactive ketones (excluding diaryl/α,β-unsaturated/α-hetero) is 1. The van der Waals surface area contributed by atoms with E-state index in [4.69, 9.17) is 0 Å². The van der Waals surface area contributed by atoms with E-state index < -0.39 is 26.4 Å². The number of nitro groups is 1. The van der Waals surface area contributed by atoms with Crippen LogP contribution in [0.1, 0.15) is 22.8 Å². The van der Waals surface area contributed by atoms with Gasteiger partial charge in [0.1, 0.15) is 5.69 Å². The molecule has 0 bridgehead atoms. The number of nitro benzene ring substituents is 1. The maximum atomic E-state index is 12.4. The van der Waals surface area contributed by atoms with E-state index in [2.05, 4.69) is 4.72 Å². The second kappa shape index (κ2) is 6.17. The molecule has 0 atom stereocenters. The van der Waals surface area contributed by atoms with Crippen LogP contribution >= 0.6 is 0 Å². The minimum absolute atomic E-state index is 0.0226. The van der Waals surface area contributed by atoms with E-state index in [1.807, 2.05) is 6.92 Å². The predicted molar refractivity (Wildman–Crippen MR) is 85.1 cm³/mol. The Kier molecular flexibility index (Phi) is 4.46. The molecule has 0 amide bonds. The Labute approximate surface area is 133 Å². The number of nitrogens with one attached hydrogen (secondary N) is 1. The van der Waals surface area contributed by atoms with Gasteiger partial charge in [-0.15, -0.1) is 0 Å². The molecule has 0 aliphatic heterocycles. The summed E-state index contributed by atoms with van der Waals surface area (Å²) in [6.07, 6.45) is 0. The third kappa shape index (κ3) is 3.54. The van der Waals surface area contributed by atoms with Crippen molar-refractivity contribution >= 4 is 27.2 Å². The summed E-state index contributed by atoms with van der Waals surface area (Å²) in [5.74, 6) is -0.520. The van der Waals surface area contributed by atoms with E-state index in [9.17, 15) is 23.3 Å². The van der Waals surface area contributed by atoms with Crippen molar-refractivity contribution < 1.29 is 18.1 Å². The van der Waals surface area contributed by atoms with Crippen LogP contribution in [-0.2, 0) is 10.0 Å². The number of carbonyl (C=O) groups excluding carboxylic acids is 1. The number of carbonyl (C=O) groups is 1. The minimum Gasteiger partial charge on any atom is -0.294 e.